The molecule has 0 saturated heterocycles. The van der Waals surface area contributed by atoms with Gasteiger partial charge in [-0.1, -0.05) is 6.07 Å². The molecule has 0 aliphatic carbocycles. The van der Waals surface area contributed by atoms with Crippen LogP contribution in [0.25, 0.3) is 0 Å². The van der Waals surface area contributed by atoms with E-state index < -0.39 is 0 Å². The maximum Gasteiger partial charge on any atom is 0.180 e. The molecule has 0 aliphatic heterocycles. The molecule has 0 saturated carbocycles. The van der Waals surface area contributed by atoms with Gasteiger partial charge in [0.15, 0.2) is 5.78 Å². The standard InChI is InChI=1S/C11H10N2OS/c1-8-2-3-9(13-5-8)4-10(14)11-6-12-7-15-11/h2-3,5-7H,4H2,1H3. The van der Waals surface area contributed by atoms with Gasteiger partial charge in [-0.05, 0) is 18.6 Å². The second-order valence-corrected chi connectivity index (χ2v) is 4.18. The van der Waals surface area contributed by atoms with Gasteiger partial charge in [0.1, 0.15) is 0 Å². The Morgan fingerprint density at radius 3 is 2.87 bits per heavy atom. The summed E-state index contributed by atoms with van der Waals surface area (Å²) < 4.78 is 0. The van der Waals surface area contributed by atoms with Gasteiger partial charge in [-0.2, -0.15) is 0 Å². The number of carbonyl (C=O) groups is 1. The minimum Gasteiger partial charge on any atom is -0.293 e. The molecule has 0 aromatic carbocycles. The molecule has 0 spiro atoms. The summed E-state index contributed by atoms with van der Waals surface area (Å²) in [5.74, 6) is 0.0776. The van der Waals surface area contributed by atoms with Gasteiger partial charge < -0.3 is 0 Å². The molecule has 0 N–H and O–H groups in total. The SMILES string of the molecule is Cc1ccc(CC(=O)c2cncs2)nc1. The van der Waals surface area contributed by atoms with Gasteiger partial charge in [0.05, 0.1) is 16.8 Å². The van der Waals surface area contributed by atoms with E-state index in [9.17, 15) is 4.79 Å². The average molecular weight is 218 g/mol. The summed E-state index contributed by atoms with van der Waals surface area (Å²) in [6, 6.07) is 3.84. The van der Waals surface area contributed by atoms with Gasteiger partial charge in [0.2, 0.25) is 0 Å². The van der Waals surface area contributed by atoms with Crippen molar-refractivity contribution in [3.05, 3.63) is 46.2 Å². The van der Waals surface area contributed by atoms with E-state index in [2.05, 4.69) is 9.97 Å². The molecule has 2 aromatic rings. The first-order chi connectivity index (χ1) is 7.25. The molecule has 2 rings (SSSR count). The van der Waals surface area contributed by atoms with Crippen LogP contribution in [0.4, 0.5) is 0 Å². The first kappa shape index (κ1) is 9.98. The summed E-state index contributed by atoms with van der Waals surface area (Å²) in [6.45, 7) is 1.97. The lowest BCUT2D eigenvalue weighted by atomic mass is 10.2. The Hall–Kier alpha value is -1.55. The van der Waals surface area contributed by atoms with Crippen molar-refractivity contribution in [1.29, 1.82) is 0 Å². The van der Waals surface area contributed by atoms with E-state index in [1.165, 1.54) is 11.3 Å². The van der Waals surface area contributed by atoms with E-state index in [-0.39, 0.29) is 5.78 Å². The third kappa shape index (κ3) is 2.47. The molecule has 76 valence electrons. The Kier molecular flexibility index (Phi) is 2.87. The normalized spacial score (nSPS) is 10.2. The lowest BCUT2D eigenvalue weighted by Crippen LogP contribution is -2.02. The summed E-state index contributed by atoms with van der Waals surface area (Å²) in [4.78, 5) is 20.5. The van der Waals surface area contributed by atoms with Crippen molar-refractivity contribution in [2.24, 2.45) is 0 Å². The number of nitrogens with zero attached hydrogens (tertiary/aromatic N) is 2. The fraction of sp³-hybridized carbons (Fsp3) is 0.182. The highest BCUT2D eigenvalue weighted by Gasteiger charge is 2.08. The van der Waals surface area contributed by atoms with Crippen LogP contribution < -0.4 is 0 Å². The second-order valence-electron chi connectivity index (χ2n) is 3.29. The van der Waals surface area contributed by atoms with Crippen molar-refractivity contribution < 1.29 is 4.79 Å². The highest BCUT2D eigenvalue weighted by atomic mass is 32.1. The summed E-state index contributed by atoms with van der Waals surface area (Å²) in [7, 11) is 0. The molecule has 2 heterocycles. The van der Waals surface area contributed by atoms with Gasteiger partial charge in [-0.25, -0.2) is 0 Å². The molecule has 0 radical (unpaired) electrons. The van der Waals surface area contributed by atoms with E-state index in [0.717, 1.165) is 11.3 Å². The van der Waals surface area contributed by atoms with Crippen LogP contribution in [0.1, 0.15) is 20.9 Å². The Morgan fingerprint density at radius 1 is 1.40 bits per heavy atom. The van der Waals surface area contributed by atoms with Crippen molar-refractivity contribution in [2.45, 2.75) is 13.3 Å². The van der Waals surface area contributed by atoms with Crippen LogP contribution in [0.2, 0.25) is 0 Å². The highest BCUT2D eigenvalue weighted by Crippen LogP contribution is 2.10. The van der Waals surface area contributed by atoms with Crippen LogP contribution in [0, 0.1) is 6.92 Å². The minimum absolute atomic E-state index is 0.0776. The van der Waals surface area contributed by atoms with Crippen LogP contribution >= 0.6 is 11.3 Å². The average Bonchev–Trinajstić information content (AvgIpc) is 2.74. The van der Waals surface area contributed by atoms with Crippen molar-refractivity contribution in [3.63, 3.8) is 0 Å². The molecule has 2 aromatic heterocycles. The molecule has 3 nitrogen and oxygen atoms in total. The summed E-state index contributed by atoms with van der Waals surface area (Å²) in [5, 5.41) is 0. The Balaban J connectivity index is 2.09. The largest absolute Gasteiger partial charge is 0.293 e. The molecule has 4 heteroatoms. The number of Topliss-reactive ketones (excluding diaryl/α,β-unsaturated/α-hetero) is 1. The highest BCUT2D eigenvalue weighted by molar-refractivity contribution is 7.11. The zero-order valence-electron chi connectivity index (χ0n) is 8.30. The molecule has 0 unspecified atom stereocenters. The number of thiazole rings is 1. The Labute approximate surface area is 91.8 Å². The number of hydrogen-bond acceptors (Lipinski definition) is 4. The molecule has 0 fully saturated rings. The second kappa shape index (κ2) is 4.31. The number of carbonyl (C=O) groups excluding carboxylic acids is 1. The van der Waals surface area contributed by atoms with Crippen LogP contribution in [0.5, 0.6) is 0 Å². The number of aryl methyl sites for hydroxylation is 1. The van der Waals surface area contributed by atoms with Gasteiger partial charge in [0.25, 0.3) is 0 Å². The smallest absolute Gasteiger partial charge is 0.180 e. The first-order valence-electron chi connectivity index (χ1n) is 4.59. The quantitative estimate of drug-likeness (QED) is 0.742. The predicted octanol–water partition coefficient (Wildman–Crippen LogP) is 2.27. The summed E-state index contributed by atoms with van der Waals surface area (Å²) in [6.07, 6.45) is 3.72. The molecule has 0 amide bonds. The minimum atomic E-state index is 0.0776. The zero-order chi connectivity index (χ0) is 10.7. The van der Waals surface area contributed by atoms with Crippen LogP contribution in [0.3, 0.4) is 0 Å². The monoisotopic (exact) mass is 218 g/mol. The van der Waals surface area contributed by atoms with Gasteiger partial charge in [-0.15, -0.1) is 11.3 Å². The number of ketones is 1. The number of rotatable bonds is 3. The van der Waals surface area contributed by atoms with Gasteiger partial charge in [-0.3, -0.25) is 14.8 Å². The van der Waals surface area contributed by atoms with Crippen LogP contribution in [0.15, 0.2) is 30.0 Å². The van der Waals surface area contributed by atoms with Crippen molar-refractivity contribution in [2.75, 3.05) is 0 Å². The molecule has 0 aliphatic rings. The fourth-order valence-electron chi connectivity index (χ4n) is 1.21. The fourth-order valence-corrected chi connectivity index (χ4v) is 1.77. The maximum atomic E-state index is 11.7. The van der Waals surface area contributed by atoms with Crippen LogP contribution in [-0.2, 0) is 6.42 Å². The summed E-state index contributed by atoms with van der Waals surface area (Å²) >= 11 is 1.36. The Bertz CT molecular complexity index is 448. The van der Waals surface area contributed by atoms with Crippen molar-refractivity contribution in [1.82, 2.24) is 9.97 Å². The lowest BCUT2D eigenvalue weighted by molar-refractivity contribution is 0.0995. The predicted molar refractivity (Wildman–Crippen MR) is 59.1 cm³/mol. The van der Waals surface area contributed by atoms with Crippen LogP contribution in [-0.4, -0.2) is 15.8 Å². The third-order valence-corrected chi connectivity index (χ3v) is 2.84. The van der Waals surface area contributed by atoms with E-state index in [4.69, 9.17) is 0 Å². The number of aromatic nitrogens is 2. The van der Waals surface area contributed by atoms with E-state index in [1.807, 2.05) is 19.1 Å². The molecular formula is C11H10N2OS. The van der Waals surface area contributed by atoms with E-state index >= 15 is 0 Å². The summed E-state index contributed by atoms with van der Waals surface area (Å²) in [5.41, 5.74) is 3.57. The number of hydrogen-bond donors (Lipinski definition) is 0. The molecule has 0 atom stereocenters. The van der Waals surface area contributed by atoms with Crippen molar-refractivity contribution in [3.8, 4) is 0 Å². The molecular weight excluding hydrogens is 208 g/mol. The molecule has 0 bridgehead atoms. The van der Waals surface area contributed by atoms with E-state index in [1.54, 1.807) is 17.9 Å². The molecule has 15 heavy (non-hydrogen) atoms. The lowest BCUT2D eigenvalue weighted by Gasteiger charge is -1.98. The van der Waals surface area contributed by atoms with Gasteiger partial charge in [0, 0.05) is 18.1 Å². The Morgan fingerprint density at radius 2 is 2.27 bits per heavy atom. The maximum absolute atomic E-state index is 11.7. The topological polar surface area (TPSA) is 42.9 Å². The first-order valence-corrected chi connectivity index (χ1v) is 5.47. The third-order valence-electron chi connectivity index (χ3n) is 2.02. The van der Waals surface area contributed by atoms with Gasteiger partial charge >= 0.3 is 0 Å². The zero-order valence-corrected chi connectivity index (χ0v) is 9.12. The van der Waals surface area contributed by atoms with E-state index in [0.29, 0.717) is 11.3 Å². The van der Waals surface area contributed by atoms with Crippen molar-refractivity contribution >= 4 is 17.1 Å². The number of pyridine rings is 1.